The summed E-state index contributed by atoms with van der Waals surface area (Å²) < 4.78 is 0. The fourth-order valence-electron chi connectivity index (χ4n) is 2.02. The van der Waals surface area contributed by atoms with Crippen molar-refractivity contribution in [3.05, 3.63) is 64.7 Å². The van der Waals surface area contributed by atoms with Crippen LogP contribution in [0.15, 0.2) is 42.5 Å². The lowest BCUT2D eigenvalue weighted by molar-refractivity contribution is 0.102. The van der Waals surface area contributed by atoms with Crippen molar-refractivity contribution in [2.45, 2.75) is 13.8 Å². The molecule has 0 spiro atoms. The van der Waals surface area contributed by atoms with E-state index in [2.05, 4.69) is 17.2 Å². The van der Waals surface area contributed by atoms with Crippen molar-refractivity contribution >= 4 is 11.6 Å². The van der Waals surface area contributed by atoms with Crippen LogP contribution in [0.4, 0.5) is 5.69 Å². The molecule has 0 radical (unpaired) electrons. The lowest BCUT2D eigenvalue weighted by atomic mass is 10.1. The molecule has 0 saturated heterocycles. The van der Waals surface area contributed by atoms with Crippen molar-refractivity contribution in [3.8, 4) is 11.8 Å². The van der Waals surface area contributed by atoms with Crippen LogP contribution >= 0.6 is 0 Å². The van der Waals surface area contributed by atoms with Crippen molar-refractivity contribution in [2.24, 2.45) is 5.73 Å². The predicted molar refractivity (Wildman–Crippen MR) is 86.2 cm³/mol. The van der Waals surface area contributed by atoms with Gasteiger partial charge in [-0.1, -0.05) is 29.5 Å². The number of hydrogen-bond acceptors (Lipinski definition) is 2. The van der Waals surface area contributed by atoms with E-state index in [4.69, 9.17) is 5.73 Å². The molecule has 2 aromatic carbocycles. The van der Waals surface area contributed by atoms with Gasteiger partial charge in [-0.2, -0.15) is 0 Å². The highest BCUT2D eigenvalue weighted by atomic mass is 16.1. The van der Waals surface area contributed by atoms with E-state index in [0.717, 1.165) is 22.4 Å². The van der Waals surface area contributed by atoms with Gasteiger partial charge in [0, 0.05) is 16.8 Å². The Labute approximate surface area is 125 Å². The molecule has 21 heavy (non-hydrogen) atoms. The van der Waals surface area contributed by atoms with Gasteiger partial charge in [0.1, 0.15) is 0 Å². The number of anilines is 1. The molecular weight excluding hydrogens is 260 g/mol. The lowest BCUT2D eigenvalue weighted by Crippen LogP contribution is -2.12. The molecule has 106 valence electrons. The van der Waals surface area contributed by atoms with E-state index in [9.17, 15) is 4.79 Å². The summed E-state index contributed by atoms with van der Waals surface area (Å²) in [5.74, 6) is 5.72. The van der Waals surface area contributed by atoms with Crippen molar-refractivity contribution < 1.29 is 4.79 Å². The normalized spacial score (nSPS) is 9.67. The highest BCUT2D eigenvalue weighted by Crippen LogP contribution is 2.16. The van der Waals surface area contributed by atoms with Crippen molar-refractivity contribution in [3.63, 3.8) is 0 Å². The summed E-state index contributed by atoms with van der Waals surface area (Å²) in [5.41, 5.74) is 9.78. The van der Waals surface area contributed by atoms with Crippen LogP contribution in [0.1, 0.15) is 27.0 Å². The maximum absolute atomic E-state index is 12.2. The summed E-state index contributed by atoms with van der Waals surface area (Å²) in [6, 6.07) is 13.2. The Kier molecular flexibility index (Phi) is 4.76. The Bertz CT molecular complexity index is 723. The molecule has 0 bridgehead atoms. The third kappa shape index (κ3) is 3.95. The van der Waals surface area contributed by atoms with Crippen molar-refractivity contribution in [1.29, 1.82) is 0 Å². The van der Waals surface area contributed by atoms with Gasteiger partial charge in [0.25, 0.3) is 5.91 Å². The summed E-state index contributed by atoms with van der Waals surface area (Å²) in [6.45, 7) is 4.26. The second kappa shape index (κ2) is 6.74. The lowest BCUT2D eigenvalue weighted by Gasteiger charge is -2.08. The first kappa shape index (κ1) is 14.8. The number of carbonyl (C=O) groups excluding carboxylic acids is 1. The van der Waals surface area contributed by atoms with Gasteiger partial charge >= 0.3 is 0 Å². The zero-order chi connectivity index (χ0) is 15.2. The zero-order valence-electron chi connectivity index (χ0n) is 12.2. The Morgan fingerprint density at radius 2 is 2.00 bits per heavy atom. The molecule has 0 atom stereocenters. The predicted octanol–water partition coefficient (Wildman–Crippen LogP) is 2.87. The van der Waals surface area contributed by atoms with E-state index in [-0.39, 0.29) is 5.91 Å². The van der Waals surface area contributed by atoms with E-state index in [1.807, 2.05) is 50.2 Å². The van der Waals surface area contributed by atoms with Gasteiger partial charge < -0.3 is 11.1 Å². The minimum absolute atomic E-state index is 0.112. The second-order valence-electron chi connectivity index (χ2n) is 4.86. The van der Waals surface area contributed by atoms with E-state index in [1.165, 1.54) is 0 Å². The summed E-state index contributed by atoms with van der Waals surface area (Å²) in [5, 5.41) is 2.90. The molecule has 3 nitrogen and oxygen atoms in total. The number of hydrogen-bond donors (Lipinski definition) is 2. The van der Waals surface area contributed by atoms with Crippen LogP contribution in [-0.2, 0) is 0 Å². The summed E-state index contributed by atoms with van der Waals surface area (Å²) >= 11 is 0. The maximum Gasteiger partial charge on any atom is 0.255 e. The SMILES string of the molecule is Cc1cccc(C(=O)Nc2ccc(C#CCN)c(C)c2)c1. The van der Waals surface area contributed by atoms with Crippen LogP contribution in [0.3, 0.4) is 0 Å². The smallest absolute Gasteiger partial charge is 0.255 e. The fourth-order valence-corrected chi connectivity index (χ4v) is 2.02. The number of rotatable bonds is 2. The van der Waals surface area contributed by atoms with Gasteiger partial charge in [0.15, 0.2) is 0 Å². The second-order valence-corrected chi connectivity index (χ2v) is 4.86. The summed E-state index contributed by atoms with van der Waals surface area (Å²) in [4.78, 5) is 12.2. The molecule has 0 aromatic heterocycles. The van der Waals surface area contributed by atoms with Gasteiger partial charge in [-0.3, -0.25) is 4.79 Å². The van der Waals surface area contributed by atoms with Crippen molar-refractivity contribution in [1.82, 2.24) is 0 Å². The van der Waals surface area contributed by atoms with Crippen LogP contribution in [0.2, 0.25) is 0 Å². The van der Waals surface area contributed by atoms with Gasteiger partial charge in [0.05, 0.1) is 6.54 Å². The largest absolute Gasteiger partial charge is 0.322 e. The van der Waals surface area contributed by atoms with Crippen LogP contribution in [0, 0.1) is 25.7 Å². The average molecular weight is 278 g/mol. The highest BCUT2D eigenvalue weighted by Gasteiger charge is 2.06. The quantitative estimate of drug-likeness (QED) is 0.830. The van der Waals surface area contributed by atoms with Gasteiger partial charge in [-0.15, -0.1) is 0 Å². The Balaban J connectivity index is 2.17. The molecular formula is C18H18N2O. The number of amides is 1. The zero-order valence-corrected chi connectivity index (χ0v) is 12.2. The fraction of sp³-hybridized carbons (Fsp3) is 0.167. The van der Waals surface area contributed by atoms with E-state index >= 15 is 0 Å². The van der Waals surface area contributed by atoms with Crippen LogP contribution in [-0.4, -0.2) is 12.5 Å². The minimum atomic E-state index is -0.112. The minimum Gasteiger partial charge on any atom is -0.322 e. The summed E-state index contributed by atoms with van der Waals surface area (Å²) in [7, 11) is 0. The molecule has 3 N–H and O–H groups in total. The molecule has 1 amide bonds. The Morgan fingerprint density at radius 1 is 1.19 bits per heavy atom. The molecule has 0 aliphatic rings. The van der Waals surface area contributed by atoms with Gasteiger partial charge in [-0.05, 0) is 49.7 Å². The third-order valence-electron chi connectivity index (χ3n) is 3.09. The first-order chi connectivity index (χ1) is 10.1. The van der Waals surface area contributed by atoms with Crippen LogP contribution in [0.5, 0.6) is 0 Å². The topological polar surface area (TPSA) is 55.1 Å². The summed E-state index contributed by atoms with van der Waals surface area (Å²) in [6.07, 6.45) is 0. The maximum atomic E-state index is 12.2. The Morgan fingerprint density at radius 3 is 2.67 bits per heavy atom. The van der Waals surface area contributed by atoms with E-state index in [1.54, 1.807) is 6.07 Å². The third-order valence-corrected chi connectivity index (χ3v) is 3.09. The number of aryl methyl sites for hydroxylation is 2. The highest BCUT2D eigenvalue weighted by molar-refractivity contribution is 6.04. The first-order valence-corrected chi connectivity index (χ1v) is 6.78. The average Bonchev–Trinajstić information content (AvgIpc) is 2.46. The Hall–Kier alpha value is -2.57. The van der Waals surface area contributed by atoms with Gasteiger partial charge in [0.2, 0.25) is 0 Å². The molecule has 2 rings (SSSR count). The molecule has 2 aromatic rings. The number of carbonyl (C=O) groups is 1. The molecule has 0 saturated carbocycles. The number of benzene rings is 2. The standard InChI is InChI=1S/C18H18N2O/c1-13-5-3-6-16(11-13)18(21)20-17-9-8-15(7-4-10-19)14(2)12-17/h3,5-6,8-9,11-12H,10,19H2,1-2H3,(H,20,21). The van der Waals surface area contributed by atoms with Gasteiger partial charge in [-0.25, -0.2) is 0 Å². The van der Waals surface area contributed by atoms with E-state index < -0.39 is 0 Å². The van der Waals surface area contributed by atoms with E-state index in [0.29, 0.717) is 12.1 Å². The molecule has 0 aliphatic heterocycles. The molecule has 3 heteroatoms. The van der Waals surface area contributed by atoms with Crippen LogP contribution in [0.25, 0.3) is 0 Å². The van der Waals surface area contributed by atoms with Crippen molar-refractivity contribution in [2.75, 3.05) is 11.9 Å². The van der Waals surface area contributed by atoms with Crippen LogP contribution < -0.4 is 11.1 Å². The molecule has 0 fully saturated rings. The first-order valence-electron chi connectivity index (χ1n) is 6.78. The number of nitrogens with one attached hydrogen (secondary N) is 1. The monoisotopic (exact) mass is 278 g/mol. The molecule has 0 unspecified atom stereocenters. The molecule has 0 heterocycles. The molecule has 0 aliphatic carbocycles. The number of nitrogens with two attached hydrogens (primary N) is 1.